The highest BCUT2D eigenvalue weighted by Crippen LogP contribution is 2.32. The van der Waals surface area contributed by atoms with Crippen molar-refractivity contribution in [2.45, 2.75) is 63.5 Å². The van der Waals surface area contributed by atoms with Gasteiger partial charge in [0.1, 0.15) is 10.4 Å². The molecular weight excluding hydrogens is 382 g/mol. The van der Waals surface area contributed by atoms with Gasteiger partial charge in [0, 0.05) is 30.3 Å². The van der Waals surface area contributed by atoms with Gasteiger partial charge in [-0.2, -0.15) is 0 Å². The number of amides is 1. The third-order valence-corrected chi connectivity index (χ3v) is 7.22. The maximum atomic E-state index is 12.7. The van der Waals surface area contributed by atoms with Crippen LogP contribution in [0, 0.1) is 13.8 Å². The Morgan fingerprint density at radius 1 is 1.26 bits per heavy atom. The van der Waals surface area contributed by atoms with Crippen molar-refractivity contribution in [3.63, 3.8) is 0 Å². The molecule has 0 unspecified atom stereocenters. The van der Waals surface area contributed by atoms with Crippen molar-refractivity contribution < 1.29 is 9.53 Å². The molecule has 2 aromatic rings. The normalized spacial score (nSPS) is 16.1. The molecule has 1 saturated heterocycles. The molecular formula is C19H27N3O3S2. The molecule has 1 amide bonds. The fourth-order valence-electron chi connectivity index (χ4n) is 3.09. The SMILES string of the molecule is Cc1sc2nc(SC3CCN(C(=O)OC(C)(C)C)CC3)n(C)c(=O)c2c1C. The zero-order chi connectivity index (χ0) is 19.9. The Labute approximate surface area is 167 Å². The van der Waals surface area contributed by atoms with Crippen molar-refractivity contribution in [3.05, 3.63) is 20.8 Å². The topological polar surface area (TPSA) is 64.4 Å². The largest absolute Gasteiger partial charge is 0.444 e. The summed E-state index contributed by atoms with van der Waals surface area (Å²) in [7, 11) is 1.79. The minimum Gasteiger partial charge on any atom is -0.444 e. The first-order valence-corrected chi connectivity index (χ1v) is 10.9. The summed E-state index contributed by atoms with van der Waals surface area (Å²) in [6, 6.07) is 0. The van der Waals surface area contributed by atoms with Crippen LogP contribution in [0.3, 0.4) is 0 Å². The van der Waals surface area contributed by atoms with E-state index in [-0.39, 0.29) is 11.7 Å². The average Bonchev–Trinajstić information content (AvgIpc) is 2.86. The smallest absolute Gasteiger partial charge is 0.410 e. The average molecular weight is 410 g/mol. The van der Waals surface area contributed by atoms with Crippen LogP contribution in [0.5, 0.6) is 0 Å². The number of thioether (sulfide) groups is 1. The van der Waals surface area contributed by atoms with E-state index in [1.54, 1.807) is 39.6 Å². The predicted molar refractivity (Wildman–Crippen MR) is 111 cm³/mol. The van der Waals surface area contributed by atoms with Gasteiger partial charge in [-0.25, -0.2) is 9.78 Å². The molecule has 3 heterocycles. The highest BCUT2D eigenvalue weighted by molar-refractivity contribution is 7.99. The molecule has 0 spiro atoms. The molecule has 1 fully saturated rings. The van der Waals surface area contributed by atoms with E-state index < -0.39 is 5.60 Å². The summed E-state index contributed by atoms with van der Waals surface area (Å²) in [5.74, 6) is 0. The number of hydrogen-bond acceptors (Lipinski definition) is 6. The lowest BCUT2D eigenvalue weighted by Gasteiger charge is -2.33. The van der Waals surface area contributed by atoms with Crippen molar-refractivity contribution in [3.8, 4) is 0 Å². The minimum atomic E-state index is -0.475. The highest BCUT2D eigenvalue weighted by Gasteiger charge is 2.28. The van der Waals surface area contributed by atoms with Gasteiger partial charge in [0.25, 0.3) is 5.56 Å². The molecule has 0 saturated carbocycles. The molecule has 0 aliphatic carbocycles. The number of fused-ring (bicyclic) bond motifs is 1. The first-order chi connectivity index (χ1) is 12.6. The van der Waals surface area contributed by atoms with Crippen molar-refractivity contribution in [2.24, 2.45) is 7.05 Å². The maximum absolute atomic E-state index is 12.7. The van der Waals surface area contributed by atoms with Crippen LogP contribution in [-0.4, -0.2) is 44.5 Å². The summed E-state index contributed by atoms with van der Waals surface area (Å²) in [5.41, 5.74) is 0.581. The van der Waals surface area contributed by atoms with Gasteiger partial charge in [-0.15, -0.1) is 11.3 Å². The summed E-state index contributed by atoms with van der Waals surface area (Å²) in [5, 5.41) is 1.83. The van der Waals surface area contributed by atoms with Gasteiger partial charge in [-0.1, -0.05) is 11.8 Å². The summed E-state index contributed by atoms with van der Waals surface area (Å²) in [4.78, 5) is 33.4. The van der Waals surface area contributed by atoms with E-state index in [0.29, 0.717) is 18.3 Å². The predicted octanol–water partition coefficient (Wildman–Crippen LogP) is 4.10. The molecule has 2 aromatic heterocycles. The Morgan fingerprint density at radius 3 is 2.48 bits per heavy atom. The first-order valence-electron chi connectivity index (χ1n) is 9.18. The lowest BCUT2D eigenvalue weighted by molar-refractivity contribution is 0.0219. The minimum absolute atomic E-state index is 0.0236. The van der Waals surface area contributed by atoms with Crippen molar-refractivity contribution in [2.75, 3.05) is 13.1 Å². The Kier molecular flexibility index (Phi) is 5.59. The number of thiophene rings is 1. The molecule has 6 nitrogen and oxygen atoms in total. The molecule has 0 bridgehead atoms. The van der Waals surface area contributed by atoms with Crippen LogP contribution in [0.25, 0.3) is 10.2 Å². The standard InChI is InChI=1S/C19H27N3O3S2/c1-11-12(2)26-15-14(11)16(23)21(6)17(20-15)27-13-7-9-22(10-8-13)18(24)25-19(3,4)5/h13H,7-10H2,1-6H3. The summed E-state index contributed by atoms with van der Waals surface area (Å²) in [6.45, 7) is 11.0. The second-order valence-corrected chi connectivity index (χ2v) is 10.5. The number of carbonyl (C=O) groups is 1. The molecule has 1 aliphatic heterocycles. The molecule has 0 N–H and O–H groups in total. The van der Waals surface area contributed by atoms with Crippen LogP contribution in [0.2, 0.25) is 0 Å². The van der Waals surface area contributed by atoms with E-state index in [4.69, 9.17) is 9.72 Å². The maximum Gasteiger partial charge on any atom is 0.410 e. The van der Waals surface area contributed by atoms with E-state index in [0.717, 1.165) is 38.7 Å². The second kappa shape index (κ2) is 7.47. The molecule has 148 valence electrons. The summed E-state index contributed by atoms with van der Waals surface area (Å²) >= 11 is 3.22. The van der Waals surface area contributed by atoms with Crippen LogP contribution >= 0.6 is 23.1 Å². The molecule has 8 heteroatoms. The Morgan fingerprint density at radius 2 is 1.89 bits per heavy atom. The van der Waals surface area contributed by atoms with E-state index in [1.165, 1.54) is 0 Å². The number of nitrogens with zero attached hydrogens (tertiary/aromatic N) is 3. The van der Waals surface area contributed by atoms with Crippen LogP contribution < -0.4 is 5.56 Å². The monoisotopic (exact) mass is 409 g/mol. The summed E-state index contributed by atoms with van der Waals surface area (Å²) < 4.78 is 7.11. The zero-order valence-electron chi connectivity index (χ0n) is 16.8. The van der Waals surface area contributed by atoms with E-state index in [2.05, 4.69) is 0 Å². The molecule has 3 rings (SSSR count). The van der Waals surface area contributed by atoms with Gasteiger partial charge in [-0.3, -0.25) is 9.36 Å². The van der Waals surface area contributed by atoms with E-state index >= 15 is 0 Å². The van der Waals surface area contributed by atoms with Crippen LogP contribution in [0.4, 0.5) is 4.79 Å². The Hall–Kier alpha value is -1.54. The molecule has 0 aromatic carbocycles. The number of aryl methyl sites for hydroxylation is 2. The van der Waals surface area contributed by atoms with E-state index in [9.17, 15) is 9.59 Å². The molecule has 1 aliphatic rings. The van der Waals surface area contributed by atoms with Crippen molar-refractivity contribution in [1.82, 2.24) is 14.5 Å². The molecule has 0 atom stereocenters. The Balaban J connectivity index is 1.70. The van der Waals surface area contributed by atoms with Crippen LogP contribution in [-0.2, 0) is 11.8 Å². The molecule has 27 heavy (non-hydrogen) atoms. The fourth-order valence-corrected chi connectivity index (χ4v) is 5.30. The fraction of sp³-hybridized carbons (Fsp3) is 0.632. The quantitative estimate of drug-likeness (QED) is 0.699. The van der Waals surface area contributed by atoms with Gasteiger partial charge < -0.3 is 9.64 Å². The van der Waals surface area contributed by atoms with Gasteiger partial charge in [0.05, 0.1) is 5.39 Å². The number of hydrogen-bond donors (Lipinski definition) is 0. The molecule has 0 radical (unpaired) electrons. The number of ether oxygens (including phenoxy) is 1. The number of piperidine rings is 1. The third kappa shape index (κ3) is 4.32. The van der Waals surface area contributed by atoms with Gasteiger partial charge in [0.2, 0.25) is 0 Å². The lowest BCUT2D eigenvalue weighted by Crippen LogP contribution is -2.42. The highest BCUT2D eigenvalue weighted by atomic mass is 32.2. The van der Waals surface area contributed by atoms with Crippen LogP contribution in [0.15, 0.2) is 9.95 Å². The lowest BCUT2D eigenvalue weighted by atomic mass is 10.1. The van der Waals surface area contributed by atoms with Crippen molar-refractivity contribution >= 4 is 39.4 Å². The van der Waals surface area contributed by atoms with Crippen molar-refractivity contribution in [1.29, 1.82) is 0 Å². The number of rotatable bonds is 2. The third-order valence-electron chi connectivity index (χ3n) is 4.74. The zero-order valence-corrected chi connectivity index (χ0v) is 18.4. The van der Waals surface area contributed by atoms with Gasteiger partial charge in [0.15, 0.2) is 5.16 Å². The first kappa shape index (κ1) is 20.2. The summed E-state index contributed by atoms with van der Waals surface area (Å²) in [6.07, 6.45) is 1.48. The van der Waals surface area contributed by atoms with E-state index in [1.807, 2.05) is 34.6 Å². The number of aromatic nitrogens is 2. The second-order valence-electron chi connectivity index (χ2n) is 8.01. The van der Waals surface area contributed by atoms with Crippen LogP contribution in [0.1, 0.15) is 44.1 Å². The van der Waals surface area contributed by atoms with Gasteiger partial charge in [-0.05, 0) is 53.0 Å². The van der Waals surface area contributed by atoms with Gasteiger partial charge >= 0.3 is 6.09 Å². The number of carbonyl (C=O) groups excluding carboxylic acids is 1. The Bertz CT molecular complexity index is 919. The number of likely N-dealkylation sites (tertiary alicyclic amines) is 1.